The molecule has 0 amide bonds. The second-order valence-electron chi connectivity index (χ2n) is 3.28. The van der Waals surface area contributed by atoms with Crippen molar-refractivity contribution in [2.24, 2.45) is 0 Å². The molecule has 2 rings (SSSR count). The lowest BCUT2D eigenvalue weighted by Crippen LogP contribution is -2.30. The first-order chi connectivity index (χ1) is 6.75. The van der Waals surface area contributed by atoms with Crippen molar-refractivity contribution >= 4 is 0 Å². The maximum Gasteiger partial charge on any atom is 0.226 e. The summed E-state index contributed by atoms with van der Waals surface area (Å²) in [5.41, 5.74) is 2.75. The van der Waals surface area contributed by atoms with Crippen molar-refractivity contribution in [3.05, 3.63) is 28.3 Å². The first kappa shape index (κ1) is 9.23. The van der Waals surface area contributed by atoms with Crippen LogP contribution in [0.1, 0.15) is 12.2 Å². The normalized spacial score (nSPS) is 17.4. The van der Waals surface area contributed by atoms with Crippen LogP contribution in [-0.2, 0) is 6.54 Å². The van der Waals surface area contributed by atoms with Crippen molar-refractivity contribution in [1.29, 1.82) is 0 Å². The van der Waals surface area contributed by atoms with E-state index >= 15 is 0 Å². The van der Waals surface area contributed by atoms with E-state index in [1.165, 1.54) is 6.07 Å². The van der Waals surface area contributed by atoms with Gasteiger partial charge in [-0.1, -0.05) is 0 Å². The molecule has 1 aromatic heterocycles. The molecule has 76 valence electrons. The molecule has 0 radical (unpaired) electrons. The summed E-state index contributed by atoms with van der Waals surface area (Å²) in [4.78, 5) is 11.1. The van der Waals surface area contributed by atoms with E-state index in [0.29, 0.717) is 12.3 Å². The first-order valence-electron chi connectivity index (χ1n) is 4.55. The van der Waals surface area contributed by atoms with Crippen LogP contribution in [0.5, 0.6) is 5.75 Å². The lowest BCUT2D eigenvalue weighted by Gasteiger charge is -2.13. The number of nitrogens with zero attached hydrogens (tertiary/aromatic N) is 1. The molecule has 0 bridgehead atoms. The van der Waals surface area contributed by atoms with Crippen LogP contribution in [0.15, 0.2) is 21.5 Å². The first-order valence-corrected chi connectivity index (χ1v) is 4.55. The Labute approximate surface area is 80.9 Å². The molecule has 1 aromatic rings. The zero-order chi connectivity index (χ0) is 9.97. The number of hydrogen-bond donors (Lipinski definition) is 2. The molecular formula is C9H12N2O3. The maximum absolute atomic E-state index is 11.1. The van der Waals surface area contributed by atoms with Crippen LogP contribution in [0, 0.1) is 0 Å². The minimum Gasteiger partial charge on any atom is -0.502 e. The van der Waals surface area contributed by atoms with E-state index in [-0.39, 0.29) is 5.75 Å². The molecule has 1 saturated heterocycles. The van der Waals surface area contributed by atoms with Gasteiger partial charge < -0.3 is 9.52 Å². The number of hydrogen-bond acceptors (Lipinski definition) is 5. The Morgan fingerprint density at radius 2 is 2.50 bits per heavy atom. The zero-order valence-corrected chi connectivity index (χ0v) is 7.69. The van der Waals surface area contributed by atoms with Gasteiger partial charge in [-0.3, -0.25) is 10.2 Å². The van der Waals surface area contributed by atoms with E-state index in [2.05, 4.69) is 5.43 Å². The standard InChI is InChI=1S/C9H12N2O3/c12-8-4-7(14-6-9(8)13)5-11-3-1-2-10-11/h4,6,10,13H,1-3,5H2. The molecule has 5 nitrogen and oxygen atoms in total. The summed E-state index contributed by atoms with van der Waals surface area (Å²) in [6.45, 7) is 2.46. The van der Waals surface area contributed by atoms with Gasteiger partial charge in [-0.15, -0.1) is 0 Å². The van der Waals surface area contributed by atoms with Crippen LogP contribution in [0.2, 0.25) is 0 Å². The number of rotatable bonds is 2. The monoisotopic (exact) mass is 196 g/mol. The van der Waals surface area contributed by atoms with Crippen molar-refractivity contribution in [3.63, 3.8) is 0 Å². The van der Waals surface area contributed by atoms with Crippen molar-refractivity contribution in [1.82, 2.24) is 10.4 Å². The molecule has 2 N–H and O–H groups in total. The fourth-order valence-electron chi connectivity index (χ4n) is 1.44. The molecule has 14 heavy (non-hydrogen) atoms. The smallest absolute Gasteiger partial charge is 0.226 e. The summed E-state index contributed by atoms with van der Waals surface area (Å²) < 4.78 is 5.07. The Morgan fingerprint density at radius 3 is 3.14 bits per heavy atom. The molecule has 1 aliphatic heterocycles. The Bertz CT molecular complexity index is 369. The molecule has 0 saturated carbocycles. The number of hydrazine groups is 1. The molecule has 1 fully saturated rings. The summed E-state index contributed by atoms with van der Waals surface area (Å²) in [7, 11) is 0. The SMILES string of the molecule is O=c1cc(CN2CCCN2)occ1O. The third kappa shape index (κ3) is 1.94. The molecule has 1 aliphatic rings. The summed E-state index contributed by atoms with van der Waals surface area (Å²) in [6, 6.07) is 1.31. The van der Waals surface area contributed by atoms with Gasteiger partial charge in [-0.05, 0) is 6.42 Å². The molecule has 0 atom stereocenters. The molecule has 5 heteroatoms. The third-order valence-corrected chi connectivity index (χ3v) is 2.15. The Kier molecular flexibility index (Phi) is 2.51. The van der Waals surface area contributed by atoms with Gasteiger partial charge >= 0.3 is 0 Å². The van der Waals surface area contributed by atoms with E-state index < -0.39 is 5.43 Å². The maximum atomic E-state index is 11.1. The quantitative estimate of drug-likeness (QED) is 0.700. The van der Waals surface area contributed by atoms with Gasteiger partial charge in [-0.25, -0.2) is 5.01 Å². The topological polar surface area (TPSA) is 65.7 Å². The summed E-state index contributed by atoms with van der Waals surface area (Å²) in [5.74, 6) is 0.213. The van der Waals surface area contributed by atoms with Gasteiger partial charge in [0.15, 0.2) is 5.75 Å². The van der Waals surface area contributed by atoms with E-state index in [4.69, 9.17) is 9.52 Å². The van der Waals surface area contributed by atoms with Crippen LogP contribution in [0.4, 0.5) is 0 Å². The predicted octanol–water partition coefficient (Wildman–Crippen LogP) is 0.0557. The second kappa shape index (κ2) is 3.81. The van der Waals surface area contributed by atoms with Crippen molar-refractivity contribution < 1.29 is 9.52 Å². The van der Waals surface area contributed by atoms with Gasteiger partial charge in [0.25, 0.3) is 0 Å². The van der Waals surface area contributed by atoms with Crippen LogP contribution in [-0.4, -0.2) is 23.2 Å². The van der Waals surface area contributed by atoms with E-state index in [1.807, 2.05) is 5.01 Å². The van der Waals surface area contributed by atoms with Gasteiger partial charge in [0, 0.05) is 19.2 Å². The largest absolute Gasteiger partial charge is 0.502 e. The minimum absolute atomic E-state index is 0.344. The summed E-state index contributed by atoms with van der Waals surface area (Å²) >= 11 is 0. The van der Waals surface area contributed by atoms with Gasteiger partial charge in [0.2, 0.25) is 5.43 Å². The Balaban J connectivity index is 2.09. The van der Waals surface area contributed by atoms with Gasteiger partial charge in [-0.2, -0.15) is 0 Å². The fourth-order valence-corrected chi connectivity index (χ4v) is 1.44. The Hall–Kier alpha value is -1.33. The highest BCUT2D eigenvalue weighted by Gasteiger charge is 2.12. The molecule has 0 unspecified atom stereocenters. The molecule has 0 spiro atoms. The van der Waals surface area contributed by atoms with Crippen molar-refractivity contribution in [3.8, 4) is 5.75 Å². The Morgan fingerprint density at radius 1 is 1.64 bits per heavy atom. The molecule has 0 aromatic carbocycles. The van der Waals surface area contributed by atoms with Crippen molar-refractivity contribution in [2.75, 3.05) is 13.1 Å². The lowest BCUT2D eigenvalue weighted by molar-refractivity contribution is 0.220. The zero-order valence-electron chi connectivity index (χ0n) is 7.69. The molecule has 2 heterocycles. The van der Waals surface area contributed by atoms with Crippen LogP contribution >= 0.6 is 0 Å². The van der Waals surface area contributed by atoms with Gasteiger partial charge in [0.1, 0.15) is 12.0 Å². The van der Waals surface area contributed by atoms with E-state index in [1.54, 1.807) is 0 Å². The van der Waals surface area contributed by atoms with Crippen molar-refractivity contribution in [2.45, 2.75) is 13.0 Å². The van der Waals surface area contributed by atoms with Crippen LogP contribution in [0.3, 0.4) is 0 Å². The van der Waals surface area contributed by atoms with E-state index in [0.717, 1.165) is 25.8 Å². The lowest BCUT2D eigenvalue weighted by atomic mass is 10.3. The second-order valence-corrected chi connectivity index (χ2v) is 3.28. The van der Waals surface area contributed by atoms with Crippen LogP contribution < -0.4 is 10.9 Å². The highest BCUT2D eigenvalue weighted by molar-refractivity contribution is 5.15. The average molecular weight is 196 g/mol. The third-order valence-electron chi connectivity index (χ3n) is 2.15. The summed E-state index contributed by atoms with van der Waals surface area (Å²) in [6.07, 6.45) is 2.18. The molecular weight excluding hydrogens is 184 g/mol. The minimum atomic E-state index is -0.398. The molecule has 0 aliphatic carbocycles. The summed E-state index contributed by atoms with van der Waals surface area (Å²) in [5, 5.41) is 11.0. The fraction of sp³-hybridized carbons (Fsp3) is 0.444. The number of nitrogens with one attached hydrogen (secondary N) is 1. The predicted molar refractivity (Wildman–Crippen MR) is 49.7 cm³/mol. The van der Waals surface area contributed by atoms with Crippen LogP contribution in [0.25, 0.3) is 0 Å². The average Bonchev–Trinajstić information content (AvgIpc) is 2.64. The van der Waals surface area contributed by atoms with E-state index in [9.17, 15) is 4.79 Å². The highest BCUT2D eigenvalue weighted by atomic mass is 16.4. The van der Waals surface area contributed by atoms with Gasteiger partial charge in [0.05, 0.1) is 6.54 Å². The highest BCUT2D eigenvalue weighted by Crippen LogP contribution is 2.07. The number of aromatic hydroxyl groups is 1.